The molecule has 0 spiro atoms. The number of rotatable bonds is 4. The molecule has 1 aromatic carbocycles. The zero-order valence-corrected chi connectivity index (χ0v) is 12.0. The van der Waals surface area contributed by atoms with E-state index in [0.29, 0.717) is 10.8 Å². The summed E-state index contributed by atoms with van der Waals surface area (Å²) in [4.78, 5) is 14.5. The third kappa shape index (κ3) is 3.45. The van der Waals surface area contributed by atoms with Crippen molar-refractivity contribution >= 4 is 46.6 Å². The Kier molecular flexibility index (Phi) is 3.77. The molecule has 19 heavy (non-hydrogen) atoms. The Labute approximate surface area is 114 Å². The second-order valence-electron chi connectivity index (χ2n) is 3.56. The molecule has 0 aliphatic carbocycles. The van der Waals surface area contributed by atoms with E-state index in [4.69, 9.17) is 13.3 Å². The number of nitrogens with zero attached hydrogens (tertiary/aromatic N) is 1. The van der Waals surface area contributed by atoms with Gasteiger partial charge in [-0.25, -0.2) is 0 Å². The average Bonchev–Trinajstić information content (AvgIpc) is 2.77. The minimum atomic E-state index is -4.86. The summed E-state index contributed by atoms with van der Waals surface area (Å²) in [7, 11) is 0. The first-order chi connectivity index (χ1) is 8.86. The number of hydrogen-bond acceptors (Lipinski definition) is 5. The van der Waals surface area contributed by atoms with E-state index in [0.717, 1.165) is 11.3 Å². The van der Waals surface area contributed by atoms with Crippen molar-refractivity contribution in [1.82, 2.24) is 4.98 Å². The molecule has 2 rings (SSSR count). The predicted octanol–water partition coefficient (Wildman–Crippen LogP) is 0.146. The number of aromatic carboxylic acids is 1. The summed E-state index contributed by atoms with van der Waals surface area (Å²) >= 11 is -3.73. The van der Waals surface area contributed by atoms with Crippen molar-refractivity contribution in [2.24, 2.45) is 0 Å². The number of aromatic nitrogens is 1. The van der Waals surface area contributed by atoms with Gasteiger partial charge in [-0.2, -0.15) is 0 Å². The molecule has 100 valence electrons. The maximum atomic E-state index is 11.0. The van der Waals surface area contributed by atoms with Crippen LogP contribution in [0.3, 0.4) is 0 Å². The Morgan fingerprint density at radius 3 is 2.37 bits per heavy atom. The molecule has 1 aromatic heterocycles. The second-order valence-corrected chi connectivity index (χ2v) is 7.78. The molecule has 0 atom stereocenters. The van der Waals surface area contributed by atoms with Gasteiger partial charge in [0, 0.05) is 0 Å². The van der Waals surface area contributed by atoms with Gasteiger partial charge in [-0.15, -0.1) is 0 Å². The summed E-state index contributed by atoms with van der Waals surface area (Å²) < 4.78 is 29.0. The Morgan fingerprint density at radius 1 is 1.26 bits per heavy atom. The molecular formula is C10H9AsN2O5S. The van der Waals surface area contributed by atoms with Crippen molar-refractivity contribution < 1.29 is 21.8 Å². The Bertz CT molecular complexity index is 648. The van der Waals surface area contributed by atoms with Crippen molar-refractivity contribution in [3.05, 3.63) is 35.3 Å². The van der Waals surface area contributed by atoms with Crippen LogP contribution in [-0.4, -0.2) is 38.4 Å². The Morgan fingerprint density at radius 2 is 1.89 bits per heavy atom. The molecule has 4 N–H and O–H groups in total. The van der Waals surface area contributed by atoms with E-state index in [2.05, 4.69) is 10.3 Å². The van der Waals surface area contributed by atoms with E-state index < -0.39 is 20.1 Å². The molecule has 9 heteroatoms. The summed E-state index contributed by atoms with van der Waals surface area (Å²) in [6.07, 6.45) is 0. The van der Waals surface area contributed by atoms with Gasteiger partial charge in [-0.05, 0) is 0 Å². The summed E-state index contributed by atoms with van der Waals surface area (Å²) in [6.45, 7) is 0. The second kappa shape index (κ2) is 5.18. The van der Waals surface area contributed by atoms with Crippen molar-refractivity contribution in [3.8, 4) is 0 Å². The molecule has 1 heterocycles. The van der Waals surface area contributed by atoms with E-state index in [9.17, 15) is 8.53 Å². The zero-order chi connectivity index (χ0) is 14.0. The van der Waals surface area contributed by atoms with Gasteiger partial charge in [0.05, 0.1) is 0 Å². The van der Waals surface area contributed by atoms with Gasteiger partial charge in [-0.3, -0.25) is 0 Å². The zero-order valence-electron chi connectivity index (χ0n) is 9.35. The fraction of sp³-hybridized carbons (Fsp3) is 0. The summed E-state index contributed by atoms with van der Waals surface area (Å²) in [5, 5.41) is 13.4. The van der Waals surface area contributed by atoms with Crippen LogP contribution in [-0.2, 0) is 3.74 Å². The fourth-order valence-corrected chi connectivity index (χ4v) is 3.12. The molecule has 0 aliphatic heterocycles. The van der Waals surface area contributed by atoms with Crippen LogP contribution < -0.4 is 9.67 Å². The van der Waals surface area contributed by atoms with Crippen LogP contribution in [0.25, 0.3) is 0 Å². The van der Waals surface area contributed by atoms with Crippen LogP contribution in [0.2, 0.25) is 0 Å². The third-order valence-electron chi connectivity index (χ3n) is 2.18. The number of thiazole rings is 1. The molecule has 0 aliphatic rings. The van der Waals surface area contributed by atoms with E-state index in [-0.39, 0.29) is 10.0 Å². The molecule has 0 saturated carbocycles. The Hall–Kier alpha value is -1.60. The van der Waals surface area contributed by atoms with Crippen molar-refractivity contribution in [3.63, 3.8) is 0 Å². The monoisotopic (exact) mass is 344 g/mol. The molecule has 2 aromatic rings. The first-order valence-corrected chi connectivity index (χ1v) is 9.24. The van der Waals surface area contributed by atoms with Crippen LogP contribution in [0.4, 0.5) is 10.8 Å². The van der Waals surface area contributed by atoms with Crippen molar-refractivity contribution in [2.45, 2.75) is 0 Å². The maximum absolute atomic E-state index is 11.0. The van der Waals surface area contributed by atoms with Gasteiger partial charge in [0.15, 0.2) is 0 Å². The Balaban J connectivity index is 2.15. The summed E-state index contributed by atoms with van der Waals surface area (Å²) in [6, 6.07) is 5.65. The molecule has 0 radical (unpaired) electrons. The standard InChI is InChI=1S/C10H9AsN2O5S/c14-9(15)8-5-19-10(13-8)12-7-3-1-6(2-4-7)11(16,17)18/h1-5H,(H,12,13)(H,14,15)(H2,16,17,18). The SMILES string of the molecule is O=C(O)c1csc(Nc2ccc([As](=O)(O)O)cc2)n1. The van der Waals surface area contributed by atoms with Gasteiger partial charge >= 0.3 is 114 Å². The average molecular weight is 344 g/mol. The van der Waals surface area contributed by atoms with Crippen LogP contribution in [0.1, 0.15) is 10.5 Å². The van der Waals surface area contributed by atoms with E-state index >= 15 is 0 Å². The van der Waals surface area contributed by atoms with Gasteiger partial charge in [0.2, 0.25) is 0 Å². The van der Waals surface area contributed by atoms with E-state index in [1.165, 1.54) is 29.6 Å². The topological polar surface area (TPSA) is 120 Å². The van der Waals surface area contributed by atoms with Gasteiger partial charge < -0.3 is 0 Å². The first kappa shape index (κ1) is 13.8. The minimum absolute atomic E-state index is 0.0194. The first-order valence-electron chi connectivity index (χ1n) is 4.98. The third-order valence-corrected chi connectivity index (χ3v) is 4.97. The number of carboxylic acids is 1. The molecule has 0 fully saturated rings. The summed E-state index contributed by atoms with van der Waals surface area (Å²) in [5.74, 6) is -1.11. The number of anilines is 2. The summed E-state index contributed by atoms with van der Waals surface area (Å²) in [5.41, 5.74) is 0.515. The van der Waals surface area contributed by atoms with Crippen LogP contribution in [0.15, 0.2) is 29.6 Å². The quantitative estimate of drug-likeness (QED) is 0.583. The molecular weight excluding hydrogens is 335 g/mol. The number of nitrogens with one attached hydrogen (secondary N) is 1. The molecule has 0 saturated heterocycles. The number of benzene rings is 1. The predicted molar refractivity (Wildman–Crippen MR) is 69.3 cm³/mol. The van der Waals surface area contributed by atoms with Crippen molar-refractivity contribution in [2.75, 3.05) is 5.32 Å². The number of hydrogen-bond donors (Lipinski definition) is 4. The van der Waals surface area contributed by atoms with Gasteiger partial charge in [0.1, 0.15) is 0 Å². The number of carbonyl (C=O) groups is 1. The van der Waals surface area contributed by atoms with Gasteiger partial charge in [-0.1, -0.05) is 0 Å². The van der Waals surface area contributed by atoms with E-state index in [1.807, 2.05) is 0 Å². The van der Waals surface area contributed by atoms with E-state index in [1.54, 1.807) is 0 Å². The van der Waals surface area contributed by atoms with Crippen LogP contribution in [0, 0.1) is 0 Å². The molecule has 0 amide bonds. The fourth-order valence-electron chi connectivity index (χ4n) is 1.29. The van der Waals surface area contributed by atoms with Gasteiger partial charge in [0.25, 0.3) is 0 Å². The molecule has 0 bridgehead atoms. The van der Waals surface area contributed by atoms with Crippen molar-refractivity contribution in [1.29, 1.82) is 0 Å². The normalized spacial score (nSPS) is 11.3. The van der Waals surface area contributed by atoms with Crippen LogP contribution >= 0.6 is 11.3 Å². The van der Waals surface area contributed by atoms with Crippen LogP contribution in [0.5, 0.6) is 0 Å². The molecule has 7 nitrogen and oxygen atoms in total. The number of carboxylic acid groups (broad SMARTS) is 1. The molecule has 0 unspecified atom stereocenters.